The molecule has 0 radical (unpaired) electrons. The van der Waals surface area contributed by atoms with Crippen LogP contribution in [0, 0.1) is 0 Å². The molecular formula is C14H15F3N2. The van der Waals surface area contributed by atoms with Crippen molar-refractivity contribution in [2.24, 2.45) is 5.73 Å². The maximum absolute atomic E-state index is 12.8. The lowest BCUT2D eigenvalue weighted by Crippen LogP contribution is -2.08. The zero-order chi connectivity index (χ0) is 14.2. The molecule has 5 heteroatoms. The fourth-order valence-corrected chi connectivity index (χ4v) is 2.28. The van der Waals surface area contributed by atoms with E-state index in [1.54, 1.807) is 6.20 Å². The van der Waals surface area contributed by atoms with E-state index in [4.69, 9.17) is 5.73 Å². The van der Waals surface area contributed by atoms with Crippen LogP contribution in [0.1, 0.15) is 36.5 Å². The summed E-state index contributed by atoms with van der Waals surface area (Å²) >= 11 is 0. The van der Waals surface area contributed by atoms with E-state index >= 15 is 0 Å². The average molecular weight is 268 g/mol. The molecule has 2 N–H and O–H groups in total. The molecule has 0 bridgehead atoms. The van der Waals surface area contributed by atoms with Crippen molar-refractivity contribution >= 4 is 10.9 Å². The molecule has 0 aliphatic carbocycles. The second-order valence-corrected chi connectivity index (χ2v) is 4.79. The highest BCUT2D eigenvalue weighted by Crippen LogP contribution is 2.34. The van der Waals surface area contributed by atoms with Gasteiger partial charge in [-0.1, -0.05) is 13.8 Å². The topological polar surface area (TPSA) is 38.9 Å². The Bertz CT molecular complexity index is 603. The Balaban J connectivity index is 2.77. The lowest BCUT2D eigenvalue weighted by molar-refractivity contribution is -0.137. The highest BCUT2D eigenvalue weighted by molar-refractivity contribution is 5.84. The van der Waals surface area contributed by atoms with E-state index < -0.39 is 11.7 Å². The Hall–Kier alpha value is -1.62. The van der Waals surface area contributed by atoms with Gasteiger partial charge in [-0.15, -0.1) is 0 Å². The smallest absolute Gasteiger partial charge is 0.326 e. The zero-order valence-corrected chi connectivity index (χ0v) is 10.8. The van der Waals surface area contributed by atoms with Crippen molar-refractivity contribution in [1.29, 1.82) is 0 Å². The minimum absolute atomic E-state index is 0.0903. The van der Waals surface area contributed by atoms with E-state index in [2.05, 4.69) is 4.98 Å². The molecule has 0 saturated carbocycles. The molecule has 1 aromatic carbocycles. The van der Waals surface area contributed by atoms with Gasteiger partial charge in [-0.05, 0) is 35.2 Å². The Morgan fingerprint density at radius 2 is 1.95 bits per heavy atom. The van der Waals surface area contributed by atoms with Crippen LogP contribution in [0.3, 0.4) is 0 Å². The number of fused-ring (bicyclic) bond motifs is 1. The summed E-state index contributed by atoms with van der Waals surface area (Å²) in [4.78, 5) is 4.17. The summed E-state index contributed by atoms with van der Waals surface area (Å²) in [7, 11) is 0. The van der Waals surface area contributed by atoms with Crippen LogP contribution >= 0.6 is 0 Å². The number of hydrogen-bond acceptors (Lipinski definition) is 2. The normalized spacial score (nSPS) is 12.4. The van der Waals surface area contributed by atoms with Crippen LogP contribution in [0.2, 0.25) is 0 Å². The van der Waals surface area contributed by atoms with Gasteiger partial charge in [0.05, 0.1) is 11.1 Å². The second-order valence-electron chi connectivity index (χ2n) is 4.79. The van der Waals surface area contributed by atoms with E-state index in [9.17, 15) is 13.2 Å². The molecule has 0 aliphatic rings. The van der Waals surface area contributed by atoms with Crippen molar-refractivity contribution in [3.8, 4) is 0 Å². The quantitative estimate of drug-likeness (QED) is 0.898. The van der Waals surface area contributed by atoms with E-state index in [1.165, 1.54) is 6.07 Å². The first-order chi connectivity index (χ1) is 8.84. The highest BCUT2D eigenvalue weighted by Gasteiger charge is 2.31. The number of hydrogen-bond donors (Lipinski definition) is 1. The third-order valence-electron chi connectivity index (χ3n) is 3.12. The van der Waals surface area contributed by atoms with Crippen molar-refractivity contribution in [2.75, 3.05) is 0 Å². The van der Waals surface area contributed by atoms with Crippen LogP contribution in [0.25, 0.3) is 10.9 Å². The number of nitrogens with zero attached hydrogens (tertiary/aromatic N) is 1. The molecule has 2 aromatic rings. The SMILES string of the molecule is CC(C)c1c(CN)cnc2ccc(C(F)(F)F)cc12. The maximum Gasteiger partial charge on any atom is 0.416 e. The maximum atomic E-state index is 12.8. The van der Waals surface area contributed by atoms with Crippen LogP contribution in [-0.4, -0.2) is 4.98 Å². The summed E-state index contributed by atoms with van der Waals surface area (Å²) in [5, 5.41) is 0.535. The summed E-state index contributed by atoms with van der Waals surface area (Å²) in [6.07, 6.45) is -2.70. The van der Waals surface area contributed by atoms with E-state index in [0.717, 1.165) is 23.3 Å². The molecule has 2 rings (SSSR count). The standard InChI is InChI=1S/C14H15F3N2/c1-8(2)13-9(6-18)7-19-12-4-3-10(5-11(12)13)14(15,16)17/h3-5,7-8H,6,18H2,1-2H3. The van der Waals surface area contributed by atoms with Gasteiger partial charge in [0.15, 0.2) is 0 Å². The largest absolute Gasteiger partial charge is 0.416 e. The summed E-state index contributed by atoms with van der Waals surface area (Å²) < 4.78 is 38.4. The number of pyridine rings is 1. The Morgan fingerprint density at radius 1 is 1.26 bits per heavy atom. The molecule has 0 spiro atoms. The molecule has 19 heavy (non-hydrogen) atoms. The number of aromatic nitrogens is 1. The van der Waals surface area contributed by atoms with Gasteiger partial charge in [0.25, 0.3) is 0 Å². The fraction of sp³-hybridized carbons (Fsp3) is 0.357. The lowest BCUT2D eigenvalue weighted by atomic mass is 9.93. The minimum atomic E-state index is -4.35. The minimum Gasteiger partial charge on any atom is -0.326 e. The van der Waals surface area contributed by atoms with Gasteiger partial charge < -0.3 is 5.73 Å². The van der Waals surface area contributed by atoms with Gasteiger partial charge in [-0.3, -0.25) is 4.98 Å². The van der Waals surface area contributed by atoms with Crippen molar-refractivity contribution in [1.82, 2.24) is 4.98 Å². The third kappa shape index (κ3) is 2.56. The molecular weight excluding hydrogens is 253 g/mol. The predicted octanol–water partition coefficient (Wildman–Crippen LogP) is 3.84. The summed E-state index contributed by atoms with van der Waals surface area (Å²) in [5.41, 5.74) is 7.19. The van der Waals surface area contributed by atoms with Crippen molar-refractivity contribution in [3.05, 3.63) is 41.1 Å². The summed E-state index contributed by atoms with van der Waals surface area (Å²) in [6.45, 7) is 4.15. The van der Waals surface area contributed by atoms with Crippen molar-refractivity contribution in [3.63, 3.8) is 0 Å². The molecule has 0 amide bonds. The molecule has 0 atom stereocenters. The van der Waals surface area contributed by atoms with Crippen LogP contribution in [0.15, 0.2) is 24.4 Å². The predicted molar refractivity (Wildman–Crippen MR) is 68.7 cm³/mol. The molecule has 0 saturated heterocycles. The molecule has 0 unspecified atom stereocenters. The lowest BCUT2D eigenvalue weighted by Gasteiger charge is -2.16. The Kier molecular flexibility index (Phi) is 3.49. The van der Waals surface area contributed by atoms with Gasteiger partial charge in [-0.25, -0.2) is 0 Å². The van der Waals surface area contributed by atoms with E-state index in [1.807, 2.05) is 13.8 Å². The van der Waals surface area contributed by atoms with Crippen molar-refractivity contribution < 1.29 is 13.2 Å². The van der Waals surface area contributed by atoms with Gasteiger partial charge in [0.2, 0.25) is 0 Å². The molecule has 1 aromatic heterocycles. The Morgan fingerprint density at radius 3 is 2.47 bits per heavy atom. The van der Waals surface area contributed by atoms with Gasteiger partial charge >= 0.3 is 6.18 Å². The molecule has 1 heterocycles. The van der Waals surface area contributed by atoms with E-state index in [-0.39, 0.29) is 12.5 Å². The van der Waals surface area contributed by atoms with Gasteiger partial charge in [0, 0.05) is 18.1 Å². The van der Waals surface area contributed by atoms with Crippen molar-refractivity contribution in [2.45, 2.75) is 32.5 Å². The first-order valence-electron chi connectivity index (χ1n) is 6.03. The first kappa shape index (κ1) is 13.8. The summed E-state index contributed by atoms with van der Waals surface area (Å²) in [5.74, 6) is 0.0903. The highest BCUT2D eigenvalue weighted by atomic mass is 19.4. The van der Waals surface area contributed by atoms with Gasteiger partial charge in [-0.2, -0.15) is 13.2 Å². The monoisotopic (exact) mass is 268 g/mol. The number of benzene rings is 1. The van der Waals surface area contributed by atoms with Crippen LogP contribution in [-0.2, 0) is 12.7 Å². The summed E-state index contributed by atoms with van der Waals surface area (Å²) in [6, 6.07) is 3.63. The molecule has 0 fully saturated rings. The number of rotatable bonds is 2. The first-order valence-corrected chi connectivity index (χ1v) is 6.03. The number of alkyl halides is 3. The molecule has 2 nitrogen and oxygen atoms in total. The van der Waals surface area contributed by atoms with Crippen LogP contribution in [0.5, 0.6) is 0 Å². The zero-order valence-electron chi connectivity index (χ0n) is 10.8. The van der Waals surface area contributed by atoms with Gasteiger partial charge in [0.1, 0.15) is 0 Å². The molecule has 0 aliphatic heterocycles. The molecule has 102 valence electrons. The number of halogens is 3. The van der Waals surface area contributed by atoms with Crippen LogP contribution in [0.4, 0.5) is 13.2 Å². The third-order valence-corrected chi connectivity index (χ3v) is 3.12. The average Bonchev–Trinajstić information content (AvgIpc) is 2.35. The Labute approximate surface area is 109 Å². The van der Waals surface area contributed by atoms with E-state index in [0.29, 0.717) is 10.9 Å². The second kappa shape index (κ2) is 4.81. The van der Waals surface area contributed by atoms with Crippen LogP contribution < -0.4 is 5.73 Å². The fourth-order valence-electron chi connectivity index (χ4n) is 2.28. The number of nitrogens with two attached hydrogens (primary N) is 1.